The van der Waals surface area contributed by atoms with Crippen LogP contribution in [0.2, 0.25) is 5.02 Å². The number of benzene rings is 2. The van der Waals surface area contributed by atoms with Crippen molar-refractivity contribution in [1.82, 2.24) is 0 Å². The lowest BCUT2D eigenvalue weighted by atomic mass is 9.87. The maximum atomic E-state index is 11.9. The fourth-order valence-corrected chi connectivity index (χ4v) is 2.70. The number of halogens is 1. The number of anilines is 1. The van der Waals surface area contributed by atoms with Gasteiger partial charge in [0, 0.05) is 17.1 Å². The fourth-order valence-electron chi connectivity index (χ4n) is 2.58. The van der Waals surface area contributed by atoms with Crippen molar-refractivity contribution in [2.75, 3.05) is 18.5 Å². The summed E-state index contributed by atoms with van der Waals surface area (Å²) in [6.07, 6.45) is 0.677. The molecule has 0 saturated heterocycles. The Labute approximate surface area is 177 Å². The third-order valence-corrected chi connectivity index (χ3v) is 4.75. The van der Waals surface area contributed by atoms with Crippen molar-refractivity contribution >= 4 is 29.2 Å². The van der Waals surface area contributed by atoms with Gasteiger partial charge in [-0.2, -0.15) is 0 Å². The zero-order valence-electron chi connectivity index (χ0n) is 17.4. The minimum absolute atomic E-state index is 0.0498. The van der Waals surface area contributed by atoms with E-state index < -0.39 is 5.97 Å². The molecular formula is C23H28ClNO4. The van der Waals surface area contributed by atoms with Crippen LogP contribution < -0.4 is 10.1 Å². The number of amides is 1. The van der Waals surface area contributed by atoms with E-state index in [1.807, 2.05) is 37.3 Å². The van der Waals surface area contributed by atoms with Crippen LogP contribution in [0, 0.1) is 6.92 Å². The van der Waals surface area contributed by atoms with E-state index >= 15 is 0 Å². The van der Waals surface area contributed by atoms with Gasteiger partial charge in [0.25, 0.3) is 5.91 Å². The van der Waals surface area contributed by atoms with Crippen molar-refractivity contribution in [1.29, 1.82) is 0 Å². The summed E-state index contributed by atoms with van der Waals surface area (Å²) in [4.78, 5) is 23.7. The van der Waals surface area contributed by atoms with Crippen molar-refractivity contribution in [2.45, 2.75) is 46.0 Å². The molecule has 6 heteroatoms. The first-order valence-corrected chi connectivity index (χ1v) is 9.98. The van der Waals surface area contributed by atoms with Crippen LogP contribution in [0.15, 0.2) is 42.5 Å². The molecule has 0 radical (unpaired) electrons. The number of nitrogens with one attached hydrogen (secondary N) is 1. The molecule has 0 aliphatic heterocycles. The maximum absolute atomic E-state index is 11.9. The molecule has 5 nitrogen and oxygen atoms in total. The summed E-state index contributed by atoms with van der Waals surface area (Å²) in [5.74, 6) is -0.0917. The van der Waals surface area contributed by atoms with Crippen molar-refractivity contribution in [2.24, 2.45) is 0 Å². The topological polar surface area (TPSA) is 64.6 Å². The van der Waals surface area contributed by atoms with Gasteiger partial charge in [0.15, 0.2) is 6.61 Å². The molecule has 29 heavy (non-hydrogen) atoms. The Kier molecular flexibility index (Phi) is 8.09. The third kappa shape index (κ3) is 7.78. The van der Waals surface area contributed by atoms with Gasteiger partial charge in [0.2, 0.25) is 0 Å². The molecule has 0 aromatic heterocycles. The van der Waals surface area contributed by atoms with Crippen LogP contribution in [0.1, 0.15) is 44.7 Å². The van der Waals surface area contributed by atoms with E-state index in [-0.39, 0.29) is 24.3 Å². The van der Waals surface area contributed by atoms with E-state index in [2.05, 4.69) is 26.1 Å². The van der Waals surface area contributed by atoms with E-state index in [1.54, 1.807) is 12.1 Å². The Morgan fingerprint density at radius 3 is 2.38 bits per heavy atom. The highest BCUT2D eigenvalue weighted by atomic mass is 35.5. The summed E-state index contributed by atoms with van der Waals surface area (Å²) in [5.41, 5.74) is 2.83. The van der Waals surface area contributed by atoms with Crippen molar-refractivity contribution in [3.63, 3.8) is 0 Å². The minimum atomic E-state index is -0.431. The van der Waals surface area contributed by atoms with Gasteiger partial charge in [-0.25, -0.2) is 0 Å². The Hall–Kier alpha value is -2.53. The quantitative estimate of drug-likeness (QED) is 0.468. The normalized spacial score (nSPS) is 11.1. The molecule has 0 heterocycles. The first kappa shape index (κ1) is 22.8. The SMILES string of the molecule is Cc1cc(OCCCC(=O)OCC(=O)Nc2ccc(C(C)(C)C)cc2)ccc1Cl. The highest BCUT2D eigenvalue weighted by Crippen LogP contribution is 2.23. The average molecular weight is 418 g/mol. The number of ether oxygens (including phenoxy) is 2. The smallest absolute Gasteiger partial charge is 0.306 e. The standard InChI is InChI=1S/C23H28ClNO4/c1-16-14-19(11-12-20(16)24)28-13-5-6-22(27)29-15-21(26)25-18-9-7-17(8-10-18)23(2,3)4/h7-12,14H,5-6,13,15H2,1-4H3,(H,25,26). The number of hydrogen-bond acceptors (Lipinski definition) is 4. The molecule has 1 N–H and O–H groups in total. The molecule has 0 unspecified atom stereocenters. The highest BCUT2D eigenvalue weighted by molar-refractivity contribution is 6.31. The lowest BCUT2D eigenvalue weighted by molar-refractivity contribution is -0.147. The summed E-state index contributed by atoms with van der Waals surface area (Å²) in [6, 6.07) is 13.0. The van der Waals surface area contributed by atoms with E-state index in [0.717, 1.165) is 5.56 Å². The Bertz CT molecular complexity index is 841. The number of carbonyl (C=O) groups is 2. The van der Waals surface area contributed by atoms with Crippen LogP contribution in [0.4, 0.5) is 5.69 Å². The highest BCUT2D eigenvalue weighted by Gasteiger charge is 2.13. The second-order valence-corrected chi connectivity index (χ2v) is 8.31. The molecule has 0 atom stereocenters. The lowest BCUT2D eigenvalue weighted by Gasteiger charge is -2.19. The fraction of sp³-hybridized carbons (Fsp3) is 0.391. The zero-order valence-corrected chi connectivity index (χ0v) is 18.1. The number of hydrogen-bond donors (Lipinski definition) is 1. The van der Waals surface area contributed by atoms with Gasteiger partial charge in [-0.1, -0.05) is 44.5 Å². The monoisotopic (exact) mass is 417 g/mol. The molecule has 0 aliphatic carbocycles. The third-order valence-electron chi connectivity index (χ3n) is 4.32. The number of esters is 1. The summed E-state index contributed by atoms with van der Waals surface area (Å²) >= 11 is 5.97. The molecule has 2 aromatic carbocycles. The maximum Gasteiger partial charge on any atom is 0.306 e. The number of aryl methyl sites for hydroxylation is 1. The van der Waals surface area contributed by atoms with Gasteiger partial charge in [0.1, 0.15) is 5.75 Å². The Morgan fingerprint density at radius 2 is 1.76 bits per heavy atom. The summed E-state index contributed by atoms with van der Waals surface area (Å²) in [7, 11) is 0. The Balaban J connectivity index is 1.65. The van der Waals surface area contributed by atoms with Crippen LogP contribution in [-0.4, -0.2) is 25.1 Å². The average Bonchev–Trinajstić information content (AvgIpc) is 2.66. The molecule has 0 aliphatic rings. The second kappa shape index (κ2) is 10.3. The van der Waals surface area contributed by atoms with Gasteiger partial charge < -0.3 is 14.8 Å². The van der Waals surface area contributed by atoms with Gasteiger partial charge in [-0.15, -0.1) is 0 Å². The summed E-state index contributed by atoms with van der Waals surface area (Å²) in [5, 5.41) is 3.41. The van der Waals surface area contributed by atoms with E-state index in [4.69, 9.17) is 21.1 Å². The van der Waals surface area contributed by atoms with Crippen LogP contribution in [0.25, 0.3) is 0 Å². The molecule has 2 rings (SSSR count). The summed E-state index contributed by atoms with van der Waals surface area (Å²) < 4.78 is 10.6. The zero-order chi connectivity index (χ0) is 21.4. The van der Waals surface area contributed by atoms with Crippen LogP contribution in [-0.2, 0) is 19.7 Å². The van der Waals surface area contributed by atoms with Gasteiger partial charge >= 0.3 is 5.97 Å². The largest absolute Gasteiger partial charge is 0.494 e. The molecule has 0 fully saturated rings. The molecule has 0 spiro atoms. The van der Waals surface area contributed by atoms with E-state index in [0.29, 0.717) is 29.5 Å². The first-order valence-electron chi connectivity index (χ1n) is 9.60. The van der Waals surface area contributed by atoms with Crippen molar-refractivity contribution in [3.05, 3.63) is 58.6 Å². The predicted molar refractivity (Wildman–Crippen MR) is 116 cm³/mol. The van der Waals surface area contributed by atoms with Crippen LogP contribution in [0.3, 0.4) is 0 Å². The predicted octanol–water partition coefficient (Wildman–Crippen LogP) is 5.29. The number of carbonyl (C=O) groups excluding carboxylic acids is 2. The van der Waals surface area contributed by atoms with Gasteiger partial charge in [-0.05, 0) is 60.2 Å². The second-order valence-electron chi connectivity index (χ2n) is 7.90. The van der Waals surface area contributed by atoms with E-state index in [9.17, 15) is 9.59 Å². The lowest BCUT2D eigenvalue weighted by Crippen LogP contribution is -2.21. The number of rotatable bonds is 8. The minimum Gasteiger partial charge on any atom is -0.494 e. The molecule has 0 bridgehead atoms. The van der Waals surface area contributed by atoms with Gasteiger partial charge in [0.05, 0.1) is 6.61 Å². The Morgan fingerprint density at radius 1 is 1.07 bits per heavy atom. The van der Waals surface area contributed by atoms with E-state index in [1.165, 1.54) is 5.56 Å². The van der Waals surface area contributed by atoms with Crippen LogP contribution >= 0.6 is 11.6 Å². The molecule has 156 valence electrons. The summed E-state index contributed by atoms with van der Waals surface area (Å²) in [6.45, 7) is 8.35. The van der Waals surface area contributed by atoms with Crippen molar-refractivity contribution < 1.29 is 19.1 Å². The molecule has 0 saturated carbocycles. The molecule has 1 amide bonds. The van der Waals surface area contributed by atoms with Crippen LogP contribution in [0.5, 0.6) is 5.75 Å². The molecule has 2 aromatic rings. The first-order chi connectivity index (χ1) is 13.6. The van der Waals surface area contributed by atoms with Gasteiger partial charge in [-0.3, -0.25) is 9.59 Å². The van der Waals surface area contributed by atoms with Crippen molar-refractivity contribution in [3.8, 4) is 5.75 Å². The molecular weight excluding hydrogens is 390 g/mol.